The highest BCUT2D eigenvalue weighted by molar-refractivity contribution is 5.95. The lowest BCUT2D eigenvalue weighted by molar-refractivity contribution is 0.0705. The number of ether oxygens (including phenoxy) is 2. The average Bonchev–Trinajstić information content (AvgIpc) is 3.41. The van der Waals surface area contributed by atoms with Crippen LogP contribution >= 0.6 is 0 Å². The van der Waals surface area contributed by atoms with Crippen LogP contribution in [0.2, 0.25) is 0 Å². The van der Waals surface area contributed by atoms with Crippen molar-refractivity contribution >= 4 is 16.9 Å². The molecule has 0 unspecified atom stereocenters. The molecule has 2 aromatic carbocycles. The number of furan rings is 2. The third-order valence-corrected chi connectivity index (χ3v) is 4.64. The van der Waals surface area contributed by atoms with Crippen molar-refractivity contribution in [3.8, 4) is 11.5 Å². The maximum absolute atomic E-state index is 13.4. The summed E-state index contributed by atoms with van der Waals surface area (Å²) >= 11 is 0. The zero-order valence-corrected chi connectivity index (χ0v) is 16.3. The Bertz CT molecular complexity index is 1060. The molecule has 2 aromatic heterocycles. The van der Waals surface area contributed by atoms with Gasteiger partial charge in [0, 0.05) is 17.0 Å². The molecular formula is C23H21NO5. The predicted molar refractivity (Wildman–Crippen MR) is 108 cm³/mol. The van der Waals surface area contributed by atoms with Crippen LogP contribution in [0.5, 0.6) is 11.5 Å². The Morgan fingerprint density at radius 2 is 1.62 bits per heavy atom. The molecule has 6 heteroatoms. The minimum Gasteiger partial charge on any atom is -0.497 e. The third-order valence-electron chi connectivity index (χ3n) is 4.64. The fraction of sp³-hybridized carbons (Fsp3) is 0.174. The second-order valence-corrected chi connectivity index (χ2v) is 6.59. The fourth-order valence-electron chi connectivity index (χ4n) is 3.21. The first-order chi connectivity index (χ1) is 14.2. The number of methoxy groups -OCH3 is 2. The van der Waals surface area contributed by atoms with Gasteiger partial charge in [-0.3, -0.25) is 4.79 Å². The van der Waals surface area contributed by atoms with Crippen LogP contribution < -0.4 is 9.47 Å². The maximum atomic E-state index is 13.4. The van der Waals surface area contributed by atoms with Crippen molar-refractivity contribution in [2.24, 2.45) is 0 Å². The van der Waals surface area contributed by atoms with E-state index in [0.717, 1.165) is 11.0 Å². The molecule has 2 heterocycles. The van der Waals surface area contributed by atoms with E-state index in [0.29, 0.717) is 41.7 Å². The van der Waals surface area contributed by atoms with Crippen LogP contribution in [0.3, 0.4) is 0 Å². The second-order valence-electron chi connectivity index (χ2n) is 6.59. The van der Waals surface area contributed by atoms with Crippen molar-refractivity contribution in [3.05, 3.63) is 84.0 Å². The maximum Gasteiger partial charge on any atom is 0.254 e. The summed E-state index contributed by atoms with van der Waals surface area (Å²) in [6.45, 7) is 0.607. The number of carbonyl (C=O) groups excluding carboxylic acids is 1. The fourth-order valence-corrected chi connectivity index (χ4v) is 3.21. The van der Waals surface area contributed by atoms with Gasteiger partial charge in [-0.15, -0.1) is 0 Å². The molecule has 0 spiro atoms. The Hall–Kier alpha value is -3.67. The molecule has 4 rings (SSSR count). The molecular weight excluding hydrogens is 370 g/mol. The van der Waals surface area contributed by atoms with E-state index in [2.05, 4.69) is 0 Å². The van der Waals surface area contributed by atoms with Crippen LogP contribution in [-0.4, -0.2) is 25.0 Å². The molecule has 6 nitrogen and oxygen atoms in total. The molecule has 0 saturated heterocycles. The highest BCUT2D eigenvalue weighted by Gasteiger charge is 2.21. The molecule has 0 aliphatic rings. The molecule has 148 valence electrons. The number of rotatable bonds is 7. The molecule has 0 bridgehead atoms. The Morgan fingerprint density at radius 1 is 0.897 bits per heavy atom. The lowest BCUT2D eigenvalue weighted by Crippen LogP contribution is -2.30. The number of fused-ring (bicyclic) bond motifs is 1. The van der Waals surface area contributed by atoms with Gasteiger partial charge in [0.2, 0.25) is 0 Å². The minimum atomic E-state index is -0.181. The number of nitrogens with zero attached hydrogens (tertiary/aromatic N) is 1. The van der Waals surface area contributed by atoms with Crippen LogP contribution in [0.15, 0.2) is 75.8 Å². The Morgan fingerprint density at radius 3 is 2.28 bits per heavy atom. The van der Waals surface area contributed by atoms with E-state index in [4.69, 9.17) is 18.3 Å². The number of hydrogen-bond donors (Lipinski definition) is 0. The number of carbonyl (C=O) groups is 1. The van der Waals surface area contributed by atoms with Gasteiger partial charge in [-0.25, -0.2) is 0 Å². The normalized spacial score (nSPS) is 10.8. The minimum absolute atomic E-state index is 0.181. The van der Waals surface area contributed by atoms with Crippen LogP contribution in [0.1, 0.15) is 21.9 Å². The summed E-state index contributed by atoms with van der Waals surface area (Å²) in [6.07, 6.45) is 1.59. The standard InChI is InChI=1S/C23H21NO5/c1-26-19-11-17(12-20(13-19)27-2)23(25)24(14-18-7-5-9-28-18)15-21-10-16-6-3-4-8-22(16)29-21/h3-13H,14-15H2,1-2H3. The molecule has 0 aliphatic heterocycles. The first-order valence-corrected chi connectivity index (χ1v) is 9.18. The number of hydrogen-bond acceptors (Lipinski definition) is 5. The van der Waals surface area contributed by atoms with Gasteiger partial charge in [-0.2, -0.15) is 0 Å². The van der Waals surface area contributed by atoms with E-state index in [-0.39, 0.29) is 5.91 Å². The van der Waals surface area contributed by atoms with Gasteiger partial charge in [0.1, 0.15) is 28.6 Å². The first kappa shape index (κ1) is 18.7. The van der Waals surface area contributed by atoms with E-state index >= 15 is 0 Å². The Balaban J connectivity index is 1.67. The van der Waals surface area contributed by atoms with Crippen LogP contribution in [0, 0.1) is 0 Å². The van der Waals surface area contributed by atoms with E-state index in [9.17, 15) is 4.79 Å². The summed E-state index contributed by atoms with van der Waals surface area (Å²) < 4.78 is 22.0. The van der Waals surface area contributed by atoms with Gasteiger partial charge in [-0.05, 0) is 36.4 Å². The topological polar surface area (TPSA) is 65.1 Å². The smallest absolute Gasteiger partial charge is 0.254 e. The van der Waals surface area contributed by atoms with Gasteiger partial charge in [-0.1, -0.05) is 18.2 Å². The van der Waals surface area contributed by atoms with Crippen LogP contribution in [-0.2, 0) is 13.1 Å². The summed E-state index contributed by atoms with van der Waals surface area (Å²) in [6, 6.07) is 18.5. The molecule has 0 fully saturated rings. The summed E-state index contributed by atoms with van der Waals surface area (Å²) in [5, 5.41) is 0.996. The molecule has 0 atom stereocenters. The molecule has 0 radical (unpaired) electrons. The predicted octanol–water partition coefficient (Wildman–Crippen LogP) is 4.89. The summed E-state index contributed by atoms with van der Waals surface area (Å²) in [4.78, 5) is 15.0. The van der Waals surface area contributed by atoms with Crippen molar-refractivity contribution in [2.75, 3.05) is 14.2 Å². The quantitative estimate of drug-likeness (QED) is 0.449. The molecule has 4 aromatic rings. The molecule has 0 saturated carbocycles. The number of amides is 1. The highest BCUT2D eigenvalue weighted by Crippen LogP contribution is 2.26. The number of para-hydroxylation sites is 1. The van der Waals surface area contributed by atoms with Crippen molar-refractivity contribution < 1.29 is 23.1 Å². The monoisotopic (exact) mass is 391 g/mol. The van der Waals surface area contributed by atoms with Crippen molar-refractivity contribution in [1.82, 2.24) is 4.90 Å². The van der Waals surface area contributed by atoms with E-state index in [1.807, 2.05) is 36.4 Å². The van der Waals surface area contributed by atoms with Crippen molar-refractivity contribution in [3.63, 3.8) is 0 Å². The van der Waals surface area contributed by atoms with Gasteiger partial charge < -0.3 is 23.2 Å². The summed E-state index contributed by atoms with van der Waals surface area (Å²) in [5.74, 6) is 2.30. The van der Waals surface area contributed by atoms with Crippen molar-refractivity contribution in [2.45, 2.75) is 13.1 Å². The molecule has 29 heavy (non-hydrogen) atoms. The summed E-state index contributed by atoms with van der Waals surface area (Å²) in [5.41, 5.74) is 1.25. The lowest BCUT2D eigenvalue weighted by Gasteiger charge is -2.21. The zero-order valence-electron chi connectivity index (χ0n) is 16.3. The lowest BCUT2D eigenvalue weighted by atomic mass is 10.1. The van der Waals surface area contributed by atoms with Crippen LogP contribution in [0.4, 0.5) is 0 Å². The number of benzene rings is 2. The Kier molecular flexibility index (Phi) is 5.24. The first-order valence-electron chi connectivity index (χ1n) is 9.18. The van der Waals surface area contributed by atoms with Gasteiger partial charge in [0.15, 0.2) is 0 Å². The van der Waals surface area contributed by atoms with Gasteiger partial charge >= 0.3 is 0 Å². The van der Waals surface area contributed by atoms with E-state index < -0.39 is 0 Å². The molecule has 0 N–H and O–H groups in total. The molecule has 1 amide bonds. The zero-order chi connectivity index (χ0) is 20.2. The molecule has 0 aliphatic carbocycles. The second kappa shape index (κ2) is 8.14. The van der Waals surface area contributed by atoms with E-state index in [1.54, 1.807) is 49.6 Å². The van der Waals surface area contributed by atoms with Gasteiger partial charge in [0.25, 0.3) is 5.91 Å². The van der Waals surface area contributed by atoms with Gasteiger partial charge in [0.05, 0.1) is 33.6 Å². The van der Waals surface area contributed by atoms with Crippen LogP contribution in [0.25, 0.3) is 11.0 Å². The van der Waals surface area contributed by atoms with Crippen molar-refractivity contribution in [1.29, 1.82) is 0 Å². The summed E-state index contributed by atoms with van der Waals surface area (Å²) in [7, 11) is 3.11. The Labute approximate surface area is 168 Å². The SMILES string of the molecule is COc1cc(OC)cc(C(=O)N(Cc2ccco2)Cc2cc3ccccc3o2)c1. The largest absolute Gasteiger partial charge is 0.497 e. The van der Waals surface area contributed by atoms with E-state index in [1.165, 1.54) is 0 Å². The average molecular weight is 391 g/mol. The highest BCUT2D eigenvalue weighted by atomic mass is 16.5. The third kappa shape index (κ3) is 4.11.